The lowest BCUT2D eigenvalue weighted by Gasteiger charge is -2.26. The van der Waals surface area contributed by atoms with Crippen molar-refractivity contribution >= 4 is 23.1 Å². The van der Waals surface area contributed by atoms with Crippen molar-refractivity contribution in [1.82, 2.24) is 0 Å². The molecule has 0 unspecified atom stereocenters. The molecule has 1 aromatic carbocycles. The highest BCUT2D eigenvalue weighted by Gasteiger charge is 2.29. The minimum atomic E-state index is 0.0833. The second kappa shape index (κ2) is 6.15. The number of halogens is 1. The first-order chi connectivity index (χ1) is 9.17. The molecule has 1 aliphatic rings. The smallest absolute Gasteiger partial charge is 0.170 e. The molecule has 1 fully saturated rings. The number of unbranched alkanes of at least 4 members (excludes halogenated alkanes) is 1. The number of rotatable bonds is 6. The van der Waals surface area contributed by atoms with Crippen LogP contribution in [-0.2, 0) is 0 Å². The van der Waals surface area contributed by atoms with Crippen LogP contribution in [0.2, 0.25) is 5.02 Å². The molecule has 0 saturated heterocycles. The van der Waals surface area contributed by atoms with Crippen LogP contribution < -0.4 is 10.6 Å². The Morgan fingerprint density at radius 3 is 2.79 bits per heavy atom. The standard InChI is InChI=1S/C14H20ClN3O/c1-2-3-8-18(11-5-6-11)13-7-4-10(9-12(13)15)14(16)17-19/h4,7,9,11,19H,2-3,5-6,8H2,1H3,(H2,16,17). The largest absolute Gasteiger partial charge is 0.409 e. The Morgan fingerprint density at radius 2 is 2.26 bits per heavy atom. The highest BCUT2D eigenvalue weighted by atomic mass is 35.5. The van der Waals surface area contributed by atoms with E-state index in [1.165, 1.54) is 19.3 Å². The van der Waals surface area contributed by atoms with Crippen molar-refractivity contribution < 1.29 is 5.21 Å². The molecule has 0 spiro atoms. The summed E-state index contributed by atoms with van der Waals surface area (Å²) in [4.78, 5) is 2.38. The van der Waals surface area contributed by atoms with Crippen molar-refractivity contribution in [2.45, 2.75) is 38.6 Å². The fourth-order valence-electron chi connectivity index (χ4n) is 2.17. The van der Waals surface area contributed by atoms with Gasteiger partial charge in [0.25, 0.3) is 0 Å². The lowest BCUT2D eigenvalue weighted by atomic mass is 10.1. The Balaban J connectivity index is 2.22. The van der Waals surface area contributed by atoms with Gasteiger partial charge in [0, 0.05) is 18.2 Å². The molecule has 0 aromatic heterocycles. The maximum absolute atomic E-state index is 8.68. The van der Waals surface area contributed by atoms with E-state index in [1.54, 1.807) is 6.07 Å². The van der Waals surface area contributed by atoms with E-state index in [1.807, 2.05) is 12.1 Å². The van der Waals surface area contributed by atoms with Crippen molar-refractivity contribution in [3.05, 3.63) is 28.8 Å². The Bertz CT molecular complexity index is 472. The number of amidine groups is 1. The van der Waals surface area contributed by atoms with Gasteiger partial charge in [-0.1, -0.05) is 30.1 Å². The summed E-state index contributed by atoms with van der Waals surface area (Å²) < 4.78 is 0. The van der Waals surface area contributed by atoms with Crippen LogP contribution in [0.15, 0.2) is 23.4 Å². The molecule has 1 aromatic rings. The number of nitrogens with two attached hydrogens (primary N) is 1. The Kier molecular flexibility index (Phi) is 4.53. The van der Waals surface area contributed by atoms with Gasteiger partial charge in [0.1, 0.15) is 0 Å². The summed E-state index contributed by atoms with van der Waals surface area (Å²) in [5, 5.41) is 12.3. The molecule has 104 valence electrons. The van der Waals surface area contributed by atoms with Crippen LogP contribution >= 0.6 is 11.6 Å². The van der Waals surface area contributed by atoms with Crippen LogP contribution in [0.4, 0.5) is 5.69 Å². The molecular weight excluding hydrogens is 262 g/mol. The van der Waals surface area contributed by atoms with E-state index in [4.69, 9.17) is 22.5 Å². The summed E-state index contributed by atoms with van der Waals surface area (Å²) in [7, 11) is 0. The highest BCUT2D eigenvalue weighted by molar-refractivity contribution is 6.33. The van der Waals surface area contributed by atoms with Crippen molar-refractivity contribution in [3.63, 3.8) is 0 Å². The van der Waals surface area contributed by atoms with E-state index in [9.17, 15) is 0 Å². The van der Waals surface area contributed by atoms with Crippen LogP contribution in [0, 0.1) is 0 Å². The summed E-state index contributed by atoms with van der Waals surface area (Å²) in [5.74, 6) is 0.0833. The lowest BCUT2D eigenvalue weighted by Crippen LogP contribution is -2.27. The summed E-state index contributed by atoms with van der Waals surface area (Å²) in [6, 6.07) is 6.19. The molecule has 5 heteroatoms. The summed E-state index contributed by atoms with van der Waals surface area (Å²) >= 11 is 6.34. The molecule has 1 saturated carbocycles. The number of hydrogen-bond donors (Lipinski definition) is 2. The molecule has 0 radical (unpaired) electrons. The average Bonchev–Trinajstić information content (AvgIpc) is 3.24. The third kappa shape index (κ3) is 3.32. The van der Waals surface area contributed by atoms with Gasteiger partial charge < -0.3 is 15.8 Å². The second-order valence-corrected chi connectivity index (χ2v) is 5.34. The molecular formula is C14H20ClN3O. The molecule has 3 N–H and O–H groups in total. The Hall–Kier alpha value is -1.42. The minimum Gasteiger partial charge on any atom is -0.409 e. The SMILES string of the molecule is CCCCN(c1ccc(C(N)=NO)cc1Cl)C1CC1. The number of benzene rings is 1. The van der Waals surface area contributed by atoms with E-state index >= 15 is 0 Å². The summed E-state index contributed by atoms with van der Waals surface area (Å²) in [6.45, 7) is 3.22. The van der Waals surface area contributed by atoms with Gasteiger partial charge in [-0.05, 0) is 37.5 Å². The molecule has 4 nitrogen and oxygen atoms in total. The first-order valence-corrected chi connectivity index (χ1v) is 7.09. The first-order valence-electron chi connectivity index (χ1n) is 6.71. The van der Waals surface area contributed by atoms with Crippen LogP contribution in [-0.4, -0.2) is 23.6 Å². The van der Waals surface area contributed by atoms with Gasteiger partial charge in [0.05, 0.1) is 10.7 Å². The fraction of sp³-hybridized carbons (Fsp3) is 0.500. The highest BCUT2D eigenvalue weighted by Crippen LogP contribution is 2.36. The number of anilines is 1. The quantitative estimate of drug-likeness (QED) is 0.364. The molecule has 2 rings (SSSR count). The van der Waals surface area contributed by atoms with Crippen LogP contribution in [0.1, 0.15) is 38.2 Å². The molecule has 1 aliphatic carbocycles. The minimum absolute atomic E-state index is 0.0833. The first kappa shape index (κ1) is 14.0. The molecule has 0 atom stereocenters. The zero-order valence-electron chi connectivity index (χ0n) is 11.1. The zero-order valence-corrected chi connectivity index (χ0v) is 11.9. The third-order valence-corrected chi connectivity index (χ3v) is 3.70. The van der Waals surface area contributed by atoms with Gasteiger partial charge in [-0.2, -0.15) is 0 Å². The van der Waals surface area contributed by atoms with Crippen molar-refractivity contribution in [2.24, 2.45) is 10.9 Å². The van der Waals surface area contributed by atoms with Crippen molar-refractivity contribution in [2.75, 3.05) is 11.4 Å². The average molecular weight is 282 g/mol. The molecule has 0 aliphatic heterocycles. The topological polar surface area (TPSA) is 61.8 Å². The van der Waals surface area contributed by atoms with Gasteiger partial charge in [-0.25, -0.2) is 0 Å². The van der Waals surface area contributed by atoms with Gasteiger partial charge in [0.15, 0.2) is 5.84 Å². The van der Waals surface area contributed by atoms with Crippen molar-refractivity contribution in [3.8, 4) is 0 Å². The van der Waals surface area contributed by atoms with E-state index in [0.29, 0.717) is 16.6 Å². The van der Waals surface area contributed by atoms with E-state index < -0.39 is 0 Å². The van der Waals surface area contributed by atoms with Crippen LogP contribution in [0.3, 0.4) is 0 Å². The van der Waals surface area contributed by atoms with Gasteiger partial charge >= 0.3 is 0 Å². The van der Waals surface area contributed by atoms with Gasteiger partial charge in [-0.3, -0.25) is 0 Å². The number of hydrogen-bond acceptors (Lipinski definition) is 3. The van der Waals surface area contributed by atoms with E-state index in [-0.39, 0.29) is 5.84 Å². The second-order valence-electron chi connectivity index (χ2n) is 4.93. The Labute approximate surface area is 118 Å². The summed E-state index contributed by atoms with van der Waals surface area (Å²) in [5.41, 5.74) is 7.26. The predicted molar refractivity (Wildman–Crippen MR) is 79.2 cm³/mol. The van der Waals surface area contributed by atoms with E-state index in [0.717, 1.165) is 18.7 Å². The molecule has 0 amide bonds. The van der Waals surface area contributed by atoms with Crippen LogP contribution in [0.5, 0.6) is 0 Å². The molecule has 19 heavy (non-hydrogen) atoms. The predicted octanol–water partition coefficient (Wildman–Crippen LogP) is 3.20. The Morgan fingerprint density at radius 1 is 1.53 bits per heavy atom. The maximum atomic E-state index is 8.68. The van der Waals surface area contributed by atoms with Gasteiger partial charge in [-0.15, -0.1) is 0 Å². The monoisotopic (exact) mass is 281 g/mol. The normalized spacial score (nSPS) is 15.6. The lowest BCUT2D eigenvalue weighted by molar-refractivity contribution is 0.318. The number of nitrogens with zero attached hydrogens (tertiary/aromatic N) is 2. The zero-order chi connectivity index (χ0) is 13.8. The van der Waals surface area contributed by atoms with Crippen LogP contribution in [0.25, 0.3) is 0 Å². The van der Waals surface area contributed by atoms with Crippen molar-refractivity contribution in [1.29, 1.82) is 0 Å². The van der Waals surface area contributed by atoms with E-state index in [2.05, 4.69) is 17.0 Å². The number of oxime groups is 1. The van der Waals surface area contributed by atoms with Gasteiger partial charge in [0.2, 0.25) is 0 Å². The summed E-state index contributed by atoms with van der Waals surface area (Å²) in [6.07, 6.45) is 4.81. The molecule has 0 bridgehead atoms. The molecule has 0 heterocycles. The third-order valence-electron chi connectivity index (χ3n) is 3.40. The maximum Gasteiger partial charge on any atom is 0.170 e. The fourth-order valence-corrected chi connectivity index (χ4v) is 2.46.